The summed E-state index contributed by atoms with van der Waals surface area (Å²) < 4.78 is 13.6. The Bertz CT molecular complexity index is 420. The van der Waals surface area contributed by atoms with Crippen LogP contribution in [0.2, 0.25) is 0 Å². The van der Waals surface area contributed by atoms with Crippen molar-refractivity contribution in [2.75, 3.05) is 6.54 Å². The Morgan fingerprint density at radius 1 is 1.41 bits per heavy atom. The molecule has 1 aromatic carbocycles. The summed E-state index contributed by atoms with van der Waals surface area (Å²) in [5, 5.41) is 0. The molecule has 0 aliphatic carbocycles. The highest BCUT2D eigenvalue weighted by molar-refractivity contribution is 5.95. The van der Waals surface area contributed by atoms with E-state index in [1.165, 1.54) is 12.1 Å². The summed E-state index contributed by atoms with van der Waals surface area (Å²) in [7, 11) is 0. The zero-order valence-corrected chi connectivity index (χ0v) is 10.5. The minimum atomic E-state index is -0.490. The predicted molar refractivity (Wildman–Crippen MR) is 67.4 cm³/mol. The van der Waals surface area contributed by atoms with E-state index in [2.05, 4.69) is 6.58 Å². The molecular formula is C14H18FNO. The van der Waals surface area contributed by atoms with Crippen molar-refractivity contribution in [3.63, 3.8) is 0 Å². The van der Waals surface area contributed by atoms with Crippen molar-refractivity contribution in [1.29, 1.82) is 0 Å². The van der Waals surface area contributed by atoms with Crippen LogP contribution in [0.5, 0.6) is 0 Å². The van der Waals surface area contributed by atoms with Crippen molar-refractivity contribution >= 4 is 5.91 Å². The zero-order chi connectivity index (χ0) is 13.1. The van der Waals surface area contributed by atoms with Crippen LogP contribution in [0.25, 0.3) is 0 Å². The van der Waals surface area contributed by atoms with E-state index in [1.807, 2.05) is 20.8 Å². The Balaban J connectivity index is 3.09. The van der Waals surface area contributed by atoms with Gasteiger partial charge in [-0.3, -0.25) is 4.79 Å². The first-order valence-corrected chi connectivity index (χ1v) is 5.55. The lowest BCUT2D eigenvalue weighted by Crippen LogP contribution is -2.45. The standard InChI is InChI=1S/C14H18FNO/c1-5-10-16(14(2,3)4)13(17)11-8-6-7-9-12(11)15/h5-9H,1,10H2,2-4H3. The average molecular weight is 235 g/mol. The van der Waals surface area contributed by atoms with Gasteiger partial charge in [0, 0.05) is 12.1 Å². The number of carbonyl (C=O) groups is 1. The van der Waals surface area contributed by atoms with E-state index in [4.69, 9.17) is 0 Å². The van der Waals surface area contributed by atoms with Gasteiger partial charge in [-0.25, -0.2) is 4.39 Å². The fourth-order valence-electron chi connectivity index (χ4n) is 1.57. The number of benzene rings is 1. The highest BCUT2D eigenvalue weighted by atomic mass is 19.1. The second kappa shape index (κ2) is 5.13. The maximum atomic E-state index is 13.6. The van der Waals surface area contributed by atoms with Gasteiger partial charge in [0.2, 0.25) is 0 Å². The lowest BCUT2D eigenvalue weighted by atomic mass is 10.0. The van der Waals surface area contributed by atoms with E-state index >= 15 is 0 Å². The van der Waals surface area contributed by atoms with E-state index in [1.54, 1.807) is 23.1 Å². The second-order valence-corrected chi connectivity index (χ2v) is 4.86. The number of halogens is 1. The maximum absolute atomic E-state index is 13.6. The summed E-state index contributed by atoms with van der Waals surface area (Å²) in [5.41, 5.74) is -0.266. The van der Waals surface area contributed by atoms with Crippen LogP contribution < -0.4 is 0 Å². The second-order valence-electron chi connectivity index (χ2n) is 4.86. The number of nitrogens with zero attached hydrogens (tertiary/aromatic N) is 1. The molecule has 0 fully saturated rings. The number of hydrogen-bond acceptors (Lipinski definition) is 1. The topological polar surface area (TPSA) is 20.3 Å². The Morgan fingerprint density at radius 3 is 2.47 bits per heavy atom. The van der Waals surface area contributed by atoms with E-state index in [9.17, 15) is 9.18 Å². The Morgan fingerprint density at radius 2 is 2.00 bits per heavy atom. The van der Waals surface area contributed by atoms with E-state index in [0.29, 0.717) is 6.54 Å². The normalized spacial score (nSPS) is 11.1. The molecule has 0 saturated carbocycles. The molecule has 17 heavy (non-hydrogen) atoms. The van der Waals surface area contributed by atoms with Gasteiger partial charge in [-0.15, -0.1) is 6.58 Å². The molecule has 0 unspecified atom stereocenters. The quantitative estimate of drug-likeness (QED) is 0.736. The van der Waals surface area contributed by atoms with Crippen LogP contribution in [0.1, 0.15) is 31.1 Å². The average Bonchev–Trinajstić information content (AvgIpc) is 2.24. The molecule has 0 N–H and O–H groups in total. The molecule has 0 radical (unpaired) electrons. The van der Waals surface area contributed by atoms with Gasteiger partial charge in [0.05, 0.1) is 5.56 Å². The summed E-state index contributed by atoms with van der Waals surface area (Å²) in [6.07, 6.45) is 1.64. The van der Waals surface area contributed by atoms with Gasteiger partial charge in [0.15, 0.2) is 0 Å². The van der Waals surface area contributed by atoms with Crippen LogP contribution in [0.3, 0.4) is 0 Å². The van der Waals surface area contributed by atoms with Crippen molar-refractivity contribution in [2.24, 2.45) is 0 Å². The van der Waals surface area contributed by atoms with Crippen LogP contribution in [-0.4, -0.2) is 22.9 Å². The molecule has 0 heterocycles. The third-order valence-corrected chi connectivity index (χ3v) is 2.47. The van der Waals surface area contributed by atoms with Crippen molar-refractivity contribution in [3.05, 3.63) is 48.3 Å². The van der Waals surface area contributed by atoms with Gasteiger partial charge in [0.1, 0.15) is 5.82 Å². The molecule has 1 amide bonds. The maximum Gasteiger partial charge on any atom is 0.257 e. The molecule has 2 nitrogen and oxygen atoms in total. The summed E-state index contributed by atoms with van der Waals surface area (Å²) in [6, 6.07) is 6.02. The Labute approximate surface area is 102 Å². The Hall–Kier alpha value is -1.64. The third kappa shape index (κ3) is 3.16. The Kier molecular flexibility index (Phi) is 4.05. The summed E-state index contributed by atoms with van der Waals surface area (Å²) in [5.74, 6) is -0.800. The molecule has 92 valence electrons. The SMILES string of the molecule is C=CCN(C(=O)c1ccccc1F)C(C)(C)C. The molecule has 0 saturated heterocycles. The van der Waals surface area contributed by atoms with Crippen molar-refractivity contribution in [3.8, 4) is 0 Å². The van der Waals surface area contributed by atoms with Crippen LogP contribution in [0.4, 0.5) is 4.39 Å². The third-order valence-electron chi connectivity index (χ3n) is 2.47. The smallest absolute Gasteiger partial charge is 0.257 e. The molecule has 0 atom stereocenters. The van der Waals surface area contributed by atoms with Crippen LogP contribution in [0, 0.1) is 5.82 Å². The lowest BCUT2D eigenvalue weighted by Gasteiger charge is -2.35. The van der Waals surface area contributed by atoms with E-state index in [0.717, 1.165) is 0 Å². The van der Waals surface area contributed by atoms with Crippen molar-refractivity contribution < 1.29 is 9.18 Å². The molecule has 3 heteroatoms. The molecule has 1 rings (SSSR count). The molecule has 1 aromatic rings. The predicted octanol–water partition coefficient (Wildman–Crippen LogP) is 3.25. The van der Waals surface area contributed by atoms with Crippen LogP contribution >= 0.6 is 0 Å². The van der Waals surface area contributed by atoms with Gasteiger partial charge in [-0.05, 0) is 32.9 Å². The van der Waals surface area contributed by atoms with E-state index < -0.39 is 5.82 Å². The lowest BCUT2D eigenvalue weighted by molar-refractivity contribution is 0.0612. The number of amides is 1. The summed E-state index contributed by atoms with van der Waals surface area (Å²) >= 11 is 0. The molecule has 0 spiro atoms. The van der Waals surface area contributed by atoms with Gasteiger partial charge < -0.3 is 4.90 Å². The first kappa shape index (κ1) is 13.4. The minimum Gasteiger partial charge on any atom is -0.330 e. The molecule has 0 aliphatic rings. The van der Waals surface area contributed by atoms with Crippen LogP contribution in [-0.2, 0) is 0 Å². The summed E-state index contributed by atoms with van der Waals surface area (Å²) in [6.45, 7) is 9.76. The highest BCUT2D eigenvalue weighted by Crippen LogP contribution is 2.18. The van der Waals surface area contributed by atoms with Gasteiger partial charge >= 0.3 is 0 Å². The summed E-state index contributed by atoms with van der Waals surface area (Å²) in [4.78, 5) is 13.8. The minimum absolute atomic E-state index is 0.101. The fourth-order valence-corrected chi connectivity index (χ4v) is 1.57. The molecular weight excluding hydrogens is 217 g/mol. The number of rotatable bonds is 3. The molecule has 0 bridgehead atoms. The fraction of sp³-hybridized carbons (Fsp3) is 0.357. The van der Waals surface area contributed by atoms with Crippen molar-refractivity contribution in [2.45, 2.75) is 26.3 Å². The van der Waals surface area contributed by atoms with Crippen LogP contribution in [0.15, 0.2) is 36.9 Å². The first-order chi connectivity index (χ1) is 7.88. The largest absolute Gasteiger partial charge is 0.330 e. The van der Waals surface area contributed by atoms with Gasteiger partial charge in [0.25, 0.3) is 5.91 Å². The molecule has 0 aliphatic heterocycles. The monoisotopic (exact) mass is 235 g/mol. The van der Waals surface area contributed by atoms with Gasteiger partial charge in [-0.2, -0.15) is 0 Å². The highest BCUT2D eigenvalue weighted by Gasteiger charge is 2.27. The number of hydrogen-bond donors (Lipinski definition) is 0. The molecule has 0 aromatic heterocycles. The number of carbonyl (C=O) groups excluding carboxylic acids is 1. The van der Waals surface area contributed by atoms with E-state index in [-0.39, 0.29) is 17.0 Å². The first-order valence-electron chi connectivity index (χ1n) is 5.55. The van der Waals surface area contributed by atoms with Gasteiger partial charge in [-0.1, -0.05) is 18.2 Å². The van der Waals surface area contributed by atoms with Crippen molar-refractivity contribution in [1.82, 2.24) is 4.90 Å². The zero-order valence-electron chi connectivity index (χ0n) is 10.5.